The van der Waals surface area contributed by atoms with Crippen LogP contribution in [0, 0.1) is 0 Å². The Hall–Kier alpha value is -3.13. The van der Waals surface area contributed by atoms with Gasteiger partial charge < -0.3 is 5.32 Å². The third-order valence-electron chi connectivity index (χ3n) is 4.19. The summed E-state index contributed by atoms with van der Waals surface area (Å²) in [7, 11) is 0. The lowest BCUT2D eigenvalue weighted by Gasteiger charge is -2.11. The highest BCUT2D eigenvalue weighted by molar-refractivity contribution is 8.00. The fourth-order valence-electron chi connectivity index (χ4n) is 2.79. The molecule has 0 aliphatic rings. The molecule has 27 heavy (non-hydrogen) atoms. The molecule has 2 heterocycles. The number of aromatic nitrogens is 4. The third kappa shape index (κ3) is 3.31. The standard InChI is InChI=1S/C19H17N5O2S/c1-11(25)13-6-5-7-14(10-13)20-17(26)12(2)27-19-23-22-18-21-15-8-3-4-9-16(15)24(18)19/h3-10,12H,1-2H3,(H,20,26)(H,21,22). The van der Waals surface area contributed by atoms with Crippen molar-refractivity contribution in [1.82, 2.24) is 19.6 Å². The highest BCUT2D eigenvalue weighted by Gasteiger charge is 2.20. The molecule has 0 aliphatic heterocycles. The molecule has 7 nitrogen and oxygen atoms in total. The van der Waals surface area contributed by atoms with Crippen molar-refractivity contribution >= 4 is 46.0 Å². The van der Waals surface area contributed by atoms with Crippen molar-refractivity contribution in [2.75, 3.05) is 5.32 Å². The molecule has 136 valence electrons. The SMILES string of the molecule is CC(=O)c1cccc(NC(=O)C(C)Sc2n[nH]c3nc4ccccc4n23)c1. The third-order valence-corrected chi connectivity index (χ3v) is 5.24. The second kappa shape index (κ2) is 6.88. The van der Waals surface area contributed by atoms with Gasteiger partial charge in [-0.2, -0.15) is 0 Å². The topological polar surface area (TPSA) is 92.1 Å². The number of aromatic amines is 1. The summed E-state index contributed by atoms with van der Waals surface area (Å²) in [6, 6.07) is 14.7. The van der Waals surface area contributed by atoms with Gasteiger partial charge in [-0.05, 0) is 38.1 Å². The van der Waals surface area contributed by atoms with E-state index in [0.29, 0.717) is 22.2 Å². The molecule has 1 atom stereocenters. The van der Waals surface area contributed by atoms with Gasteiger partial charge in [0.05, 0.1) is 16.3 Å². The normalized spacial score (nSPS) is 12.4. The summed E-state index contributed by atoms with van der Waals surface area (Å²) in [5.41, 5.74) is 2.96. The van der Waals surface area contributed by atoms with Gasteiger partial charge in [-0.3, -0.25) is 14.0 Å². The Balaban J connectivity index is 1.54. The van der Waals surface area contributed by atoms with E-state index in [1.807, 2.05) is 35.6 Å². The number of hydrogen-bond donors (Lipinski definition) is 2. The number of thioether (sulfide) groups is 1. The number of Topliss-reactive ketones (excluding diaryl/α,β-unsaturated/α-hetero) is 1. The first-order chi connectivity index (χ1) is 13.0. The summed E-state index contributed by atoms with van der Waals surface area (Å²) in [6.07, 6.45) is 0. The lowest BCUT2D eigenvalue weighted by atomic mass is 10.1. The average molecular weight is 379 g/mol. The number of carbonyl (C=O) groups excluding carboxylic acids is 2. The number of hydrogen-bond acceptors (Lipinski definition) is 5. The number of nitrogens with one attached hydrogen (secondary N) is 2. The van der Waals surface area contributed by atoms with E-state index >= 15 is 0 Å². The first-order valence-corrected chi connectivity index (χ1v) is 9.31. The average Bonchev–Trinajstić information content (AvgIpc) is 3.21. The molecule has 4 aromatic rings. The van der Waals surface area contributed by atoms with Crippen molar-refractivity contribution in [2.24, 2.45) is 0 Å². The van der Waals surface area contributed by atoms with Crippen LogP contribution in [0.4, 0.5) is 5.69 Å². The molecule has 8 heteroatoms. The molecule has 0 saturated carbocycles. The first kappa shape index (κ1) is 17.3. The van der Waals surface area contributed by atoms with Gasteiger partial charge in [0.25, 0.3) is 0 Å². The predicted octanol–water partition coefficient (Wildman–Crippen LogP) is 3.53. The summed E-state index contributed by atoms with van der Waals surface area (Å²) < 4.78 is 1.90. The lowest BCUT2D eigenvalue weighted by Crippen LogP contribution is -2.22. The summed E-state index contributed by atoms with van der Waals surface area (Å²) >= 11 is 1.34. The second-order valence-corrected chi connectivity index (χ2v) is 7.46. The number of para-hydroxylation sites is 2. The molecule has 4 rings (SSSR count). The zero-order valence-electron chi connectivity index (χ0n) is 14.8. The number of imidazole rings is 1. The summed E-state index contributed by atoms with van der Waals surface area (Å²) in [4.78, 5) is 28.6. The minimum absolute atomic E-state index is 0.0422. The number of rotatable bonds is 5. The summed E-state index contributed by atoms with van der Waals surface area (Å²) in [5.74, 6) is 0.432. The van der Waals surface area contributed by atoms with Gasteiger partial charge in [0.1, 0.15) is 0 Å². The number of H-pyrrole nitrogens is 1. The zero-order chi connectivity index (χ0) is 19.0. The van der Waals surface area contributed by atoms with E-state index in [1.165, 1.54) is 18.7 Å². The number of ketones is 1. The molecular formula is C19H17N5O2S. The maximum Gasteiger partial charge on any atom is 0.237 e. The van der Waals surface area contributed by atoms with E-state index in [-0.39, 0.29) is 11.7 Å². The number of amides is 1. The highest BCUT2D eigenvalue weighted by Crippen LogP contribution is 2.26. The summed E-state index contributed by atoms with van der Waals surface area (Å²) in [6.45, 7) is 3.31. The van der Waals surface area contributed by atoms with Crippen molar-refractivity contribution in [3.05, 3.63) is 54.1 Å². The molecule has 0 saturated heterocycles. The van der Waals surface area contributed by atoms with E-state index in [9.17, 15) is 9.59 Å². The van der Waals surface area contributed by atoms with Crippen LogP contribution in [0.3, 0.4) is 0 Å². The number of carbonyl (C=O) groups is 2. The van der Waals surface area contributed by atoms with Crippen molar-refractivity contribution in [2.45, 2.75) is 24.3 Å². The molecule has 0 aliphatic carbocycles. The maximum atomic E-state index is 12.6. The van der Waals surface area contributed by atoms with E-state index < -0.39 is 5.25 Å². The van der Waals surface area contributed by atoms with Gasteiger partial charge in [0.15, 0.2) is 10.9 Å². The van der Waals surface area contributed by atoms with E-state index in [4.69, 9.17) is 0 Å². The van der Waals surface area contributed by atoms with Crippen LogP contribution < -0.4 is 5.32 Å². The number of anilines is 1. The smallest absolute Gasteiger partial charge is 0.237 e. The van der Waals surface area contributed by atoms with Crippen LogP contribution in [0.1, 0.15) is 24.2 Å². The molecular weight excluding hydrogens is 362 g/mol. The molecule has 2 aromatic carbocycles. The number of nitrogens with zero attached hydrogens (tertiary/aromatic N) is 3. The Morgan fingerprint density at radius 1 is 1.19 bits per heavy atom. The summed E-state index contributed by atoms with van der Waals surface area (Å²) in [5, 5.41) is 10.3. The van der Waals surface area contributed by atoms with Gasteiger partial charge in [0.2, 0.25) is 11.7 Å². The van der Waals surface area contributed by atoms with Gasteiger partial charge >= 0.3 is 0 Å². The quantitative estimate of drug-likeness (QED) is 0.409. The van der Waals surface area contributed by atoms with Crippen LogP contribution in [0.5, 0.6) is 0 Å². The van der Waals surface area contributed by atoms with Crippen LogP contribution in [-0.2, 0) is 4.79 Å². The largest absolute Gasteiger partial charge is 0.325 e. The van der Waals surface area contributed by atoms with Crippen molar-refractivity contribution in [3.8, 4) is 0 Å². The zero-order valence-corrected chi connectivity index (χ0v) is 15.6. The van der Waals surface area contributed by atoms with Crippen LogP contribution in [0.15, 0.2) is 53.7 Å². The molecule has 0 fully saturated rings. The van der Waals surface area contributed by atoms with Crippen molar-refractivity contribution < 1.29 is 9.59 Å². The Bertz CT molecular complexity index is 1160. The van der Waals surface area contributed by atoms with Gasteiger partial charge in [-0.1, -0.05) is 36.0 Å². The van der Waals surface area contributed by atoms with E-state index in [0.717, 1.165) is 11.0 Å². The minimum atomic E-state index is -0.390. The van der Waals surface area contributed by atoms with Gasteiger partial charge in [0, 0.05) is 11.3 Å². The number of fused-ring (bicyclic) bond motifs is 3. The van der Waals surface area contributed by atoms with Crippen molar-refractivity contribution in [3.63, 3.8) is 0 Å². The van der Waals surface area contributed by atoms with Crippen LogP contribution in [-0.4, -0.2) is 36.5 Å². The molecule has 0 bridgehead atoms. The molecule has 1 amide bonds. The highest BCUT2D eigenvalue weighted by atomic mass is 32.2. The fraction of sp³-hybridized carbons (Fsp3) is 0.158. The number of benzene rings is 2. The van der Waals surface area contributed by atoms with Gasteiger partial charge in [-0.15, -0.1) is 5.10 Å². The first-order valence-electron chi connectivity index (χ1n) is 8.43. The molecule has 0 radical (unpaired) electrons. The molecule has 2 N–H and O–H groups in total. The minimum Gasteiger partial charge on any atom is -0.325 e. The van der Waals surface area contributed by atoms with Crippen LogP contribution in [0.25, 0.3) is 16.8 Å². The van der Waals surface area contributed by atoms with Crippen LogP contribution >= 0.6 is 11.8 Å². The van der Waals surface area contributed by atoms with Crippen LogP contribution in [0.2, 0.25) is 0 Å². The maximum absolute atomic E-state index is 12.6. The molecule has 1 unspecified atom stereocenters. The Kier molecular flexibility index (Phi) is 4.41. The fourth-order valence-corrected chi connectivity index (χ4v) is 3.66. The molecule has 2 aromatic heterocycles. The second-order valence-electron chi connectivity index (χ2n) is 6.15. The predicted molar refractivity (Wildman–Crippen MR) is 105 cm³/mol. The van der Waals surface area contributed by atoms with Gasteiger partial charge in [-0.25, -0.2) is 10.1 Å². The monoisotopic (exact) mass is 379 g/mol. The molecule has 0 spiro atoms. The Labute approximate surface area is 159 Å². The Morgan fingerprint density at radius 2 is 2.00 bits per heavy atom. The Morgan fingerprint density at radius 3 is 2.81 bits per heavy atom. The van der Waals surface area contributed by atoms with E-state index in [1.54, 1.807) is 24.3 Å². The van der Waals surface area contributed by atoms with Crippen molar-refractivity contribution in [1.29, 1.82) is 0 Å². The lowest BCUT2D eigenvalue weighted by molar-refractivity contribution is -0.115. The van der Waals surface area contributed by atoms with E-state index in [2.05, 4.69) is 20.5 Å².